The molecule has 0 aromatic heterocycles. The molecule has 0 bridgehead atoms. The van der Waals surface area contributed by atoms with Gasteiger partial charge in [-0.2, -0.15) is 0 Å². The molecule has 0 N–H and O–H groups in total. The molecule has 0 unspecified atom stereocenters. The van der Waals surface area contributed by atoms with E-state index >= 15 is 0 Å². The first-order chi connectivity index (χ1) is 13.5. The number of Topliss-reactive ketones (excluding diaryl/α,β-unsaturated/α-hetero) is 2. The number of methoxy groups -OCH3 is 2. The minimum absolute atomic E-state index is 0.00288. The smallest absolute Gasteiger partial charge is 0.180 e. The highest BCUT2D eigenvalue weighted by Crippen LogP contribution is 2.26. The quantitative estimate of drug-likeness (QED) is 0.651. The van der Waals surface area contributed by atoms with Gasteiger partial charge in [-0.05, 0) is 87.3 Å². The van der Waals surface area contributed by atoms with Crippen molar-refractivity contribution < 1.29 is 19.1 Å². The first-order valence-electron chi connectivity index (χ1n) is 9.63. The van der Waals surface area contributed by atoms with Gasteiger partial charge in [-0.3, -0.25) is 14.5 Å². The van der Waals surface area contributed by atoms with Crippen molar-refractivity contribution in [1.29, 1.82) is 0 Å². The number of likely N-dealkylation sites (tertiary alicyclic amines) is 1. The fourth-order valence-corrected chi connectivity index (χ4v) is 3.75. The Morgan fingerprint density at radius 2 is 1.61 bits per heavy atom. The lowest BCUT2D eigenvalue weighted by Gasteiger charge is -2.27. The summed E-state index contributed by atoms with van der Waals surface area (Å²) in [6.07, 6.45) is 2.70. The zero-order valence-electron chi connectivity index (χ0n) is 16.7. The number of benzene rings is 2. The summed E-state index contributed by atoms with van der Waals surface area (Å²) >= 11 is 0. The van der Waals surface area contributed by atoms with Crippen LogP contribution in [0.4, 0.5) is 0 Å². The zero-order valence-corrected chi connectivity index (χ0v) is 16.7. The number of ketones is 2. The number of ether oxygens (including phenoxy) is 2. The molecule has 2 aromatic rings. The third-order valence-electron chi connectivity index (χ3n) is 5.36. The first kappa shape index (κ1) is 20.1. The van der Waals surface area contributed by atoms with Crippen LogP contribution in [0.2, 0.25) is 0 Å². The normalized spacial score (nSPS) is 15.2. The molecular weight excluding hydrogens is 354 g/mol. The van der Waals surface area contributed by atoms with Crippen molar-refractivity contribution in [3.8, 4) is 11.5 Å². The van der Waals surface area contributed by atoms with E-state index in [0.29, 0.717) is 23.3 Å². The van der Waals surface area contributed by atoms with Crippen molar-refractivity contribution in [1.82, 2.24) is 4.90 Å². The molecule has 1 aliphatic heterocycles. The van der Waals surface area contributed by atoms with E-state index in [-0.39, 0.29) is 17.6 Å². The molecule has 5 nitrogen and oxygen atoms in total. The van der Waals surface area contributed by atoms with E-state index in [1.54, 1.807) is 27.2 Å². The fourth-order valence-electron chi connectivity index (χ4n) is 3.75. The number of hydrogen-bond acceptors (Lipinski definition) is 5. The predicted molar refractivity (Wildman–Crippen MR) is 109 cm³/mol. The molecule has 0 radical (unpaired) electrons. The molecule has 148 valence electrons. The number of nitrogens with zero attached hydrogens (tertiary/aromatic N) is 1. The van der Waals surface area contributed by atoms with E-state index < -0.39 is 0 Å². The molecule has 0 amide bonds. The molecule has 1 fully saturated rings. The second-order valence-electron chi connectivity index (χ2n) is 7.14. The van der Waals surface area contributed by atoms with Gasteiger partial charge in [0.1, 0.15) is 11.5 Å². The molecule has 0 aliphatic carbocycles. The van der Waals surface area contributed by atoms with Crippen LogP contribution in [0.5, 0.6) is 11.5 Å². The Hall–Kier alpha value is -2.66. The number of carbonyl (C=O) groups excluding carboxylic acids is 2. The van der Waals surface area contributed by atoms with E-state index in [9.17, 15) is 9.59 Å². The van der Waals surface area contributed by atoms with Gasteiger partial charge in [-0.15, -0.1) is 0 Å². The van der Waals surface area contributed by atoms with Crippen molar-refractivity contribution in [2.24, 2.45) is 0 Å². The molecule has 0 spiro atoms. The van der Waals surface area contributed by atoms with Gasteiger partial charge < -0.3 is 9.47 Å². The molecule has 1 saturated heterocycles. The highest BCUT2D eigenvalue weighted by atomic mass is 16.5. The van der Waals surface area contributed by atoms with E-state index in [1.807, 2.05) is 36.4 Å². The van der Waals surface area contributed by atoms with Crippen LogP contribution in [0.3, 0.4) is 0 Å². The Labute approximate surface area is 166 Å². The van der Waals surface area contributed by atoms with Gasteiger partial charge in [0.15, 0.2) is 11.6 Å². The second-order valence-corrected chi connectivity index (χ2v) is 7.14. The maximum Gasteiger partial charge on any atom is 0.180 e. The van der Waals surface area contributed by atoms with Gasteiger partial charge in [0.25, 0.3) is 0 Å². The van der Waals surface area contributed by atoms with Gasteiger partial charge in [-0.1, -0.05) is 0 Å². The molecule has 2 aromatic carbocycles. The van der Waals surface area contributed by atoms with Crippen LogP contribution >= 0.6 is 0 Å². The predicted octanol–water partition coefficient (Wildman–Crippen LogP) is 3.80. The van der Waals surface area contributed by atoms with Gasteiger partial charge in [0.05, 0.1) is 20.3 Å². The Kier molecular flexibility index (Phi) is 6.47. The largest absolute Gasteiger partial charge is 0.497 e. The molecule has 1 atom stereocenters. The van der Waals surface area contributed by atoms with Gasteiger partial charge in [0.2, 0.25) is 0 Å². The van der Waals surface area contributed by atoms with Gasteiger partial charge >= 0.3 is 0 Å². The van der Waals surface area contributed by atoms with Crippen LogP contribution < -0.4 is 9.47 Å². The summed E-state index contributed by atoms with van der Waals surface area (Å²) in [6, 6.07) is 12.4. The Balaban J connectivity index is 1.93. The van der Waals surface area contributed by atoms with Crippen LogP contribution in [0, 0.1) is 0 Å². The molecule has 5 heteroatoms. The average molecular weight is 381 g/mol. The summed E-state index contributed by atoms with van der Waals surface area (Å²) in [5.74, 6) is 1.52. The monoisotopic (exact) mass is 381 g/mol. The van der Waals surface area contributed by atoms with Crippen LogP contribution in [0.25, 0.3) is 0 Å². The molecule has 1 aliphatic rings. The maximum absolute atomic E-state index is 13.4. The van der Waals surface area contributed by atoms with Crippen molar-refractivity contribution in [3.05, 3.63) is 59.2 Å². The van der Waals surface area contributed by atoms with E-state index in [4.69, 9.17) is 9.47 Å². The average Bonchev–Trinajstić information content (AvgIpc) is 3.25. The fraction of sp³-hybridized carbons (Fsp3) is 0.391. The number of rotatable bonds is 8. The summed E-state index contributed by atoms with van der Waals surface area (Å²) in [7, 11) is 3.22. The van der Waals surface area contributed by atoms with Crippen molar-refractivity contribution in [2.45, 2.75) is 32.2 Å². The lowest BCUT2D eigenvalue weighted by molar-refractivity contribution is 0.0847. The summed E-state index contributed by atoms with van der Waals surface area (Å²) in [6.45, 7) is 3.36. The lowest BCUT2D eigenvalue weighted by Crippen LogP contribution is -2.41. The van der Waals surface area contributed by atoms with Crippen LogP contribution in [-0.4, -0.2) is 49.8 Å². The topological polar surface area (TPSA) is 55.8 Å². The van der Waals surface area contributed by atoms with Gasteiger partial charge in [0, 0.05) is 11.1 Å². The Morgan fingerprint density at radius 1 is 0.964 bits per heavy atom. The second kappa shape index (κ2) is 9.02. The minimum Gasteiger partial charge on any atom is -0.497 e. The highest BCUT2D eigenvalue weighted by molar-refractivity contribution is 6.00. The summed E-state index contributed by atoms with van der Waals surface area (Å²) < 4.78 is 10.7. The van der Waals surface area contributed by atoms with Crippen LogP contribution in [0.1, 0.15) is 46.0 Å². The number of hydrogen-bond donors (Lipinski definition) is 0. The standard InChI is InChI=1S/C23H27NO4/c1-16(25)18-8-11-22(28-3)19(14-18)15-21(24-12-4-5-13-24)23(26)17-6-9-20(27-2)10-7-17/h6-11,14,21H,4-5,12-13,15H2,1-3H3/t21-/m1/s1. The first-order valence-corrected chi connectivity index (χ1v) is 9.63. The van der Waals surface area contributed by atoms with E-state index in [0.717, 1.165) is 37.2 Å². The van der Waals surface area contributed by atoms with Gasteiger partial charge in [-0.25, -0.2) is 0 Å². The molecule has 28 heavy (non-hydrogen) atoms. The third-order valence-corrected chi connectivity index (χ3v) is 5.36. The Morgan fingerprint density at radius 3 is 2.18 bits per heavy atom. The minimum atomic E-state index is -0.285. The molecule has 3 rings (SSSR count). The molecule has 1 heterocycles. The summed E-state index contributed by atoms with van der Waals surface area (Å²) in [4.78, 5) is 27.4. The van der Waals surface area contributed by atoms with Crippen molar-refractivity contribution in [3.63, 3.8) is 0 Å². The summed E-state index contributed by atoms with van der Waals surface area (Å²) in [5.41, 5.74) is 2.18. The third kappa shape index (κ3) is 4.42. The van der Waals surface area contributed by atoms with Crippen molar-refractivity contribution >= 4 is 11.6 Å². The van der Waals surface area contributed by atoms with E-state index in [2.05, 4.69) is 4.90 Å². The zero-order chi connectivity index (χ0) is 20.1. The lowest BCUT2D eigenvalue weighted by atomic mass is 9.94. The highest BCUT2D eigenvalue weighted by Gasteiger charge is 2.30. The van der Waals surface area contributed by atoms with E-state index in [1.165, 1.54) is 0 Å². The summed E-state index contributed by atoms with van der Waals surface area (Å²) in [5, 5.41) is 0. The Bertz CT molecular complexity index is 838. The molecule has 0 saturated carbocycles. The SMILES string of the molecule is COc1ccc(C(=O)[C@@H](Cc2cc(C(C)=O)ccc2OC)N2CCCC2)cc1. The maximum atomic E-state index is 13.4. The van der Waals surface area contributed by atoms with Crippen molar-refractivity contribution in [2.75, 3.05) is 27.3 Å². The number of carbonyl (C=O) groups is 2. The van der Waals surface area contributed by atoms with Crippen LogP contribution in [0.15, 0.2) is 42.5 Å². The molecular formula is C23H27NO4. The van der Waals surface area contributed by atoms with Crippen LogP contribution in [-0.2, 0) is 6.42 Å².